The van der Waals surface area contributed by atoms with Gasteiger partial charge in [-0.25, -0.2) is 0 Å². The van der Waals surface area contributed by atoms with Gasteiger partial charge >= 0.3 is 0 Å². The molecule has 0 fully saturated rings. The molecule has 0 aromatic carbocycles. The number of anilines is 1. The Morgan fingerprint density at radius 1 is 1.38 bits per heavy atom. The van der Waals surface area contributed by atoms with E-state index in [1.54, 1.807) is 12.4 Å². The number of nitrogens with zero attached hydrogens (tertiary/aromatic N) is 3. The molecule has 0 atom stereocenters. The zero-order valence-electron chi connectivity index (χ0n) is 8.15. The average molecular weight is 175 g/mol. The van der Waals surface area contributed by atoms with E-state index in [0.717, 1.165) is 5.69 Å². The number of aromatic nitrogens is 1. The van der Waals surface area contributed by atoms with Gasteiger partial charge in [-0.1, -0.05) is 0 Å². The summed E-state index contributed by atoms with van der Waals surface area (Å²) in [6, 6.07) is 6.02. The maximum Gasteiger partial charge on any atom is 0.121 e. The lowest BCUT2D eigenvalue weighted by atomic mass is 10.1. The van der Waals surface area contributed by atoms with Gasteiger partial charge in [0, 0.05) is 25.1 Å². The zero-order valence-corrected chi connectivity index (χ0v) is 8.15. The molecule has 3 heteroatoms. The highest BCUT2D eigenvalue weighted by Gasteiger charge is 2.22. The molecule has 1 aromatic heterocycles. The van der Waals surface area contributed by atoms with Crippen molar-refractivity contribution in [3.05, 3.63) is 24.5 Å². The second-order valence-electron chi connectivity index (χ2n) is 3.44. The fourth-order valence-corrected chi connectivity index (χ4v) is 0.965. The molecular formula is C10H13N3. The fourth-order valence-electron chi connectivity index (χ4n) is 0.965. The van der Waals surface area contributed by atoms with Gasteiger partial charge in [-0.2, -0.15) is 5.26 Å². The van der Waals surface area contributed by atoms with Crippen LogP contribution in [0.4, 0.5) is 5.69 Å². The van der Waals surface area contributed by atoms with Crippen LogP contribution in [-0.4, -0.2) is 17.6 Å². The fraction of sp³-hybridized carbons (Fsp3) is 0.400. The van der Waals surface area contributed by atoms with E-state index >= 15 is 0 Å². The summed E-state index contributed by atoms with van der Waals surface area (Å²) in [5.74, 6) is 0. The molecule has 1 heterocycles. The van der Waals surface area contributed by atoms with Gasteiger partial charge in [0.15, 0.2) is 0 Å². The first-order valence-electron chi connectivity index (χ1n) is 4.13. The van der Waals surface area contributed by atoms with Gasteiger partial charge in [0.25, 0.3) is 0 Å². The Balaban J connectivity index is 2.94. The van der Waals surface area contributed by atoms with Gasteiger partial charge in [0.05, 0.1) is 6.07 Å². The Morgan fingerprint density at radius 3 is 2.38 bits per heavy atom. The third-order valence-electron chi connectivity index (χ3n) is 2.16. The van der Waals surface area contributed by atoms with Gasteiger partial charge < -0.3 is 4.90 Å². The predicted octanol–water partition coefficient (Wildman–Crippen LogP) is 1.82. The minimum absolute atomic E-state index is 0.485. The Kier molecular flexibility index (Phi) is 2.52. The van der Waals surface area contributed by atoms with E-state index in [2.05, 4.69) is 11.1 Å². The topological polar surface area (TPSA) is 39.9 Å². The van der Waals surface area contributed by atoms with Gasteiger partial charge in [-0.15, -0.1) is 0 Å². The molecule has 0 aliphatic carbocycles. The Morgan fingerprint density at radius 2 is 1.92 bits per heavy atom. The third kappa shape index (κ3) is 1.97. The lowest BCUT2D eigenvalue weighted by Crippen LogP contribution is -2.39. The summed E-state index contributed by atoms with van der Waals surface area (Å²) in [6.07, 6.45) is 3.44. The maximum atomic E-state index is 8.92. The van der Waals surface area contributed by atoms with Crippen LogP contribution in [-0.2, 0) is 0 Å². The first kappa shape index (κ1) is 9.53. The molecule has 0 unspecified atom stereocenters. The molecular weight excluding hydrogens is 162 g/mol. The van der Waals surface area contributed by atoms with Crippen LogP contribution in [0.1, 0.15) is 13.8 Å². The van der Waals surface area contributed by atoms with Crippen LogP contribution >= 0.6 is 0 Å². The van der Waals surface area contributed by atoms with Crippen LogP contribution in [0.15, 0.2) is 24.5 Å². The van der Waals surface area contributed by atoms with E-state index in [1.165, 1.54) is 0 Å². The highest BCUT2D eigenvalue weighted by atomic mass is 15.2. The van der Waals surface area contributed by atoms with E-state index in [9.17, 15) is 0 Å². The van der Waals surface area contributed by atoms with Crippen LogP contribution in [0.25, 0.3) is 0 Å². The molecule has 0 N–H and O–H groups in total. The highest BCUT2D eigenvalue weighted by Crippen LogP contribution is 2.19. The quantitative estimate of drug-likeness (QED) is 0.688. The van der Waals surface area contributed by atoms with Crippen molar-refractivity contribution in [2.45, 2.75) is 19.4 Å². The second-order valence-corrected chi connectivity index (χ2v) is 3.44. The monoisotopic (exact) mass is 175 g/mol. The minimum atomic E-state index is -0.485. The van der Waals surface area contributed by atoms with Crippen molar-refractivity contribution in [1.82, 2.24) is 4.98 Å². The van der Waals surface area contributed by atoms with E-state index in [4.69, 9.17) is 5.26 Å². The summed E-state index contributed by atoms with van der Waals surface area (Å²) in [4.78, 5) is 5.85. The smallest absolute Gasteiger partial charge is 0.121 e. The Bertz CT molecular complexity index is 311. The molecule has 1 aromatic rings. The van der Waals surface area contributed by atoms with Crippen LogP contribution in [0, 0.1) is 11.3 Å². The number of hydrogen-bond donors (Lipinski definition) is 0. The molecule has 0 radical (unpaired) electrons. The lowest BCUT2D eigenvalue weighted by Gasteiger charge is -2.30. The predicted molar refractivity (Wildman–Crippen MR) is 52.3 cm³/mol. The maximum absolute atomic E-state index is 8.92. The van der Waals surface area contributed by atoms with Crippen molar-refractivity contribution in [2.24, 2.45) is 0 Å². The second kappa shape index (κ2) is 3.44. The van der Waals surface area contributed by atoms with Gasteiger partial charge in [-0.3, -0.25) is 4.98 Å². The molecule has 13 heavy (non-hydrogen) atoms. The van der Waals surface area contributed by atoms with Gasteiger partial charge in [-0.05, 0) is 26.0 Å². The third-order valence-corrected chi connectivity index (χ3v) is 2.16. The molecule has 0 amide bonds. The molecule has 0 bridgehead atoms. The largest absolute Gasteiger partial charge is 0.357 e. The Hall–Kier alpha value is -1.56. The zero-order chi connectivity index (χ0) is 9.90. The molecule has 0 aliphatic heterocycles. The highest BCUT2D eigenvalue weighted by molar-refractivity contribution is 5.48. The normalized spacial score (nSPS) is 10.6. The number of pyridine rings is 1. The van der Waals surface area contributed by atoms with Crippen LogP contribution in [0.5, 0.6) is 0 Å². The molecule has 0 saturated carbocycles. The summed E-state index contributed by atoms with van der Waals surface area (Å²) < 4.78 is 0. The average Bonchev–Trinajstić information content (AvgIpc) is 2.18. The van der Waals surface area contributed by atoms with E-state index in [1.807, 2.05) is 37.9 Å². The number of hydrogen-bond acceptors (Lipinski definition) is 3. The molecule has 0 aliphatic rings. The SMILES string of the molecule is CN(c1ccncc1)C(C)(C)C#N. The molecule has 0 saturated heterocycles. The minimum Gasteiger partial charge on any atom is -0.357 e. The number of rotatable bonds is 2. The van der Waals surface area contributed by atoms with E-state index < -0.39 is 5.54 Å². The van der Waals surface area contributed by atoms with Crippen molar-refractivity contribution in [1.29, 1.82) is 5.26 Å². The van der Waals surface area contributed by atoms with Crippen LogP contribution in [0.2, 0.25) is 0 Å². The molecule has 68 valence electrons. The van der Waals surface area contributed by atoms with Crippen molar-refractivity contribution >= 4 is 5.69 Å². The summed E-state index contributed by atoms with van der Waals surface area (Å²) >= 11 is 0. The molecule has 1 rings (SSSR count). The lowest BCUT2D eigenvalue weighted by molar-refractivity contribution is 0.617. The summed E-state index contributed by atoms with van der Waals surface area (Å²) in [5.41, 5.74) is 0.517. The van der Waals surface area contributed by atoms with Crippen molar-refractivity contribution in [2.75, 3.05) is 11.9 Å². The standard InChI is InChI=1S/C10H13N3/c1-10(2,8-11)13(3)9-4-6-12-7-5-9/h4-7H,1-3H3. The molecule has 0 spiro atoms. The number of nitriles is 1. The first-order valence-corrected chi connectivity index (χ1v) is 4.13. The Labute approximate surface area is 78.6 Å². The van der Waals surface area contributed by atoms with Gasteiger partial charge in [0.1, 0.15) is 5.54 Å². The van der Waals surface area contributed by atoms with Crippen molar-refractivity contribution in [3.8, 4) is 6.07 Å². The van der Waals surface area contributed by atoms with Crippen LogP contribution in [0.3, 0.4) is 0 Å². The molecule has 3 nitrogen and oxygen atoms in total. The first-order chi connectivity index (χ1) is 6.08. The summed E-state index contributed by atoms with van der Waals surface area (Å²) in [5, 5.41) is 8.92. The van der Waals surface area contributed by atoms with Crippen LogP contribution < -0.4 is 4.90 Å². The van der Waals surface area contributed by atoms with Gasteiger partial charge in [0.2, 0.25) is 0 Å². The summed E-state index contributed by atoms with van der Waals surface area (Å²) in [6.45, 7) is 3.76. The van der Waals surface area contributed by atoms with Crippen molar-refractivity contribution in [3.63, 3.8) is 0 Å². The van der Waals surface area contributed by atoms with Crippen molar-refractivity contribution < 1.29 is 0 Å². The van der Waals surface area contributed by atoms with E-state index in [0.29, 0.717) is 0 Å². The van der Waals surface area contributed by atoms with E-state index in [-0.39, 0.29) is 0 Å². The summed E-state index contributed by atoms with van der Waals surface area (Å²) in [7, 11) is 1.90.